The number of nitrogens with one attached hydrogen (secondary N) is 1. The number of carbonyl (C=O) groups excluding carboxylic acids is 2. The van der Waals surface area contributed by atoms with E-state index < -0.39 is 36.5 Å². The van der Waals surface area contributed by atoms with Crippen LogP contribution in [0.15, 0.2) is 0 Å². The van der Waals surface area contributed by atoms with Crippen molar-refractivity contribution in [1.82, 2.24) is 5.32 Å². The van der Waals surface area contributed by atoms with Crippen LogP contribution in [0.25, 0.3) is 0 Å². The molecule has 0 aliphatic rings. The lowest BCUT2D eigenvalue weighted by Gasteiger charge is -2.21. The number of ether oxygens (including phenoxy) is 2. The second-order valence-electron chi connectivity index (χ2n) is 4.59. The van der Waals surface area contributed by atoms with Crippen LogP contribution in [0.5, 0.6) is 0 Å². The lowest BCUT2D eigenvalue weighted by Crippen LogP contribution is -2.43. The Morgan fingerprint density at radius 1 is 1.22 bits per heavy atom. The molecule has 0 rings (SSSR count). The third kappa shape index (κ3) is 8.66. The summed E-state index contributed by atoms with van der Waals surface area (Å²) in [7, 11) is 0. The Morgan fingerprint density at radius 2 is 1.72 bits per heavy atom. The van der Waals surface area contributed by atoms with Gasteiger partial charge in [0.25, 0.3) is 0 Å². The second kappa shape index (κ2) is 5.92. The van der Waals surface area contributed by atoms with Crippen molar-refractivity contribution in [3.8, 4) is 0 Å². The lowest BCUT2D eigenvalue weighted by molar-refractivity contribution is -0.187. The quantitative estimate of drug-likeness (QED) is 0.797. The summed E-state index contributed by atoms with van der Waals surface area (Å²) >= 11 is 0. The molecule has 0 aliphatic carbocycles. The van der Waals surface area contributed by atoms with Gasteiger partial charge in [0.05, 0.1) is 0 Å². The van der Waals surface area contributed by atoms with Gasteiger partial charge in [-0.3, -0.25) is 0 Å². The number of rotatable bonds is 3. The van der Waals surface area contributed by atoms with Crippen molar-refractivity contribution in [1.29, 1.82) is 0 Å². The summed E-state index contributed by atoms with van der Waals surface area (Å²) in [4.78, 5) is 22.3. The SMILES string of the molecule is CC(NC(=O)OC(C)(C)C)C(=O)OCC(F)(F)F. The second-order valence-corrected chi connectivity index (χ2v) is 4.59. The Morgan fingerprint density at radius 3 is 2.11 bits per heavy atom. The van der Waals surface area contributed by atoms with Gasteiger partial charge in [0.15, 0.2) is 6.61 Å². The van der Waals surface area contributed by atoms with Gasteiger partial charge in [0.2, 0.25) is 0 Å². The number of carbonyl (C=O) groups is 2. The predicted octanol–water partition coefficient (Wildman–Crippen LogP) is 2.01. The highest BCUT2D eigenvalue weighted by atomic mass is 19.4. The van der Waals surface area contributed by atoms with Gasteiger partial charge >= 0.3 is 18.2 Å². The van der Waals surface area contributed by atoms with Gasteiger partial charge in [0, 0.05) is 0 Å². The zero-order valence-electron chi connectivity index (χ0n) is 10.6. The van der Waals surface area contributed by atoms with Crippen LogP contribution in [0.3, 0.4) is 0 Å². The minimum atomic E-state index is -4.60. The van der Waals surface area contributed by atoms with E-state index in [9.17, 15) is 22.8 Å². The number of alkyl halides is 3. The first-order valence-corrected chi connectivity index (χ1v) is 5.13. The molecular formula is C10H16F3NO4. The Labute approximate surface area is 103 Å². The van der Waals surface area contributed by atoms with E-state index in [0.717, 1.165) is 0 Å². The minimum Gasteiger partial charge on any atom is -0.455 e. The van der Waals surface area contributed by atoms with Crippen molar-refractivity contribution in [2.45, 2.75) is 45.5 Å². The number of amides is 1. The summed E-state index contributed by atoms with van der Waals surface area (Å²) in [5, 5.41) is 2.07. The van der Waals surface area contributed by atoms with E-state index in [1.54, 1.807) is 20.8 Å². The van der Waals surface area contributed by atoms with Crippen molar-refractivity contribution >= 4 is 12.1 Å². The number of halogens is 3. The van der Waals surface area contributed by atoms with Crippen molar-refractivity contribution in [3.05, 3.63) is 0 Å². The van der Waals surface area contributed by atoms with Crippen molar-refractivity contribution in [3.63, 3.8) is 0 Å². The molecule has 0 aromatic carbocycles. The summed E-state index contributed by atoms with van der Waals surface area (Å²) < 4.78 is 44.1. The lowest BCUT2D eigenvalue weighted by atomic mass is 10.2. The Hall–Kier alpha value is -1.47. The van der Waals surface area contributed by atoms with Crippen molar-refractivity contribution in [2.24, 2.45) is 0 Å². The van der Waals surface area contributed by atoms with Gasteiger partial charge in [-0.25, -0.2) is 9.59 Å². The zero-order valence-corrected chi connectivity index (χ0v) is 10.6. The maximum Gasteiger partial charge on any atom is 0.422 e. The summed E-state index contributed by atoms with van der Waals surface area (Å²) in [6.07, 6.45) is -5.50. The maximum absolute atomic E-state index is 11.8. The first kappa shape index (κ1) is 16.5. The monoisotopic (exact) mass is 271 g/mol. The first-order chi connectivity index (χ1) is 7.91. The van der Waals surface area contributed by atoms with E-state index in [2.05, 4.69) is 10.1 Å². The number of alkyl carbamates (subject to hydrolysis) is 1. The van der Waals surface area contributed by atoms with Crippen LogP contribution >= 0.6 is 0 Å². The van der Waals surface area contributed by atoms with Crippen LogP contribution in [0.4, 0.5) is 18.0 Å². The first-order valence-electron chi connectivity index (χ1n) is 5.13. The zero-order chi connectivity index (χ0) is 14.6. The van der Waals surface area contributed by atoms with Crippen LogP contribution < -0.4 is 5.32 Å². The molecule has 18 heavy (non-hydrogen) atoms. The van der Waals surface area contributed by atoms with E-state index in [1.807, 2.05) is 0 Å². The highest BCUT2D eigenvalue weighted by molar-refractivity contribution is 5.81. The molecule has 1 amide bonds. The molecule has 106 valence electrons. The maximum atomic E-state index is 11.8. The molecule has 1 atom stereocenters. The van der Waals surface area contributed by atoms with E-state index in [1.165, 1.54) is 6.92 Å². The molecule has 0 heterocycles. The molecule has 0 aliphatic heterocycles. The average Bonchev–Trinajstić information content (AvgIpc) is 2.09. The minimum absolute atomic E-state index is 0.764. The van der Waals surface area contributed by atoms with Crippen molar-refractivity contribution < 1.29 is 32.2 Å². The van der Waals surface area contributed by atoms with Gasteiger partial charge in [-0.05, 0) is 27.7 Å². The molecule has 0 bridgehead atoms. The number of hydrogen-bond acceptors (Lipinski definition) is 4. The Kier molecular flexibility index (Phi) is 5.44. The summed E-state index contributed by atoms with van der Waals surface area (Å²) in [6, 6.07) is -1.22. The van der Waals surface area contributed by atoms with Crippen LogP contribution in [-0.4, -0.2) is 36.5 Å². The molecular weight excluding hydrogens is 255 g/mol. The van der Waals surface area contributed by atoms with Gasteiger partial charge in [-0.2, -0.15) is 13.2 Å². The van der Waals surface area contributed by atoms with Crippen LogP contribution in [0, 0.1) is 0 Å². The summed E-state index contributed by atoms with van der Waals surface area (Å²) in [5.74, 6) is -1.18. The number of esters is 1. The third-order valence-corrected chi connectivity index (χ3v) is 1.46. The Balaban J connectivity index is 4.13. The highest BCUT2D eigenvalue weighted by Gasteiger charge is 2.31. The topological polar surface area (TPSA) is 64.6 Å². The smallest absolute Gasteiger partial charge is 0.422 e. The van der Waals surface area contributed by atoms with Gasteiger partial charge in [-0.15, -0.1) is 0 Å². The standard InChI is InChI=1S/C10H16F3NO4/c1-6(7(15)17-5-10(11,12)13)14-8(16)18-9(2,3)4/h6H,5H2,1-4H3,(H,14,16). The molecule has 0 spiro atoms. The van der Waals surface area contributed by atoms with Gasteiger partial charge in [-0.1, -0.05) is 0 Å². The fourth-order valence-electron chi connectivity index (χ4n) is 0.821. The van der Waals surface area contributed by atoms with E-state index in [-0.39, 0.29) is 0 Å². The molecule has 0 saturated heterocycles. The van der Waals surface area contributed by atoms with E-state index >= 15 is 0 Å². The summed E-state index contributed by atoms with van der Waals surface area (Å²) in [6.45, 7) is 4.34. The van der Waals surface area contributed by atoms with E-state index in [0.29, 0.717) is 0 Å². The molecule has 0 aromatic heterocycles. The Bertz CT molecular complexity index is 309. The van der Waals surface area contributed by atoms with Crippen LogP contribution in [0.2, 0.25) is 0 Å². The molecule has 0 saturated carbocycles. The van der Waals surface area contributed by atoms with Crippen LogP contribution in [0.1, 0.15) is 27.7 Å². The molecule has 5 nitrogen and oxygen atoms in total. The molecule has 0 fully saturated rings. The molecule has 1 unspecified atom stereocenters. The third-order valence-electron chi connectivity index (χ3n) is 1.46. The average molecular weight is 271 g/mol. The number of hydrogen-bond donors (Lipinski definition) is 1. The molecule has 0 aromatic rings. The fourth-order valence-corrected chi connectivity index (χ4v) is 0.821. The van der Waals surface area contributed by atoms with Gasteiger partial charge < -0.3 is 14.8 Å². The highest BCUT2D eigenvalue weighted by Crippen LogP contribution is 2.14. The predicted molar refractivity (Wildman–Crippen MR) is 55.8 cm³/mol. The van der Waals surface area contributed by atoms with Crippen LogP contribution in [-0.2, 0) is 14.3 Å². The van der Waals surface area contributed by atoms with Crippen molar-refractivity contribution in [2.75, 3.05) is 6.61 Å². The molecule has 0 radical (unpaired) electrons. The normalized spacial score (nSPS) is 13.7. The fraction of sp³-hybridized carbons (Fsp3) is 0.800. The largest absolute Gasteiger partial charge is 0.455 e. The molecule has 8 heteroatoms. The van der Waals surface area contributed by atoms with Gasteiger partial charge in [0.1, 0.15) is 11.6 Å². The summed E-state index contributed by atoms with van der Waals surface area (Å²) in [5.41, 5.74) is -0.764. The van der Waals surface area contributed by atoms with E-state index in [4.69, 9.17) is 4.74 Å². The molecule has 1 N–H and O–H groups in total.